The van der Waals surface area contributed by atoms with Crippen molar-refractivity contribution in [2.75, 3.05) is 0 Å². The van der Waals surface area contributed by atoms with Crippen LogP contribution in [0, 0.1) is 6.92 Å². The third kappa shape index (κ3) is 2.68. The fraction of sp³-hybridized carbons (Fsp3) is 0.278. The van der Waals surface area contributed by atoms with Crippen LogP contribution < -0.4 is 0 Å². The first-order valence-electron chi connectivity index (χ1n) is 7.36. The summed E-state index contributed by atoms with van der Waals surface area (Å²) >= 11 is 6.09. The van der Waals surface area contributed by atoms with Gasteiger partial charge in [0.2, 0.25) is 0 Å². The Morgan fingerprint density at radius 1 is 1.10 bits per heavy atom. The van der Waals surface area contributed by atoms with Crippen LogP contribution in [0.25, 0.3) is 16.7 Å². The van der Waals surface area contributed by atoms with E-state index in [9.17, 15) is 0 Å². The Morgan fingerprint density at radius 2 is 1.86 bits per heavy atom. The molecule has 2 aromatic carbocycles. The maximum absolute atomic E-state index is 6.09. The van der Waals surface area contributed by atoms with Crippen LogP contribution in [0.4, 0.5) is 0 Å². The highest BCUT2D eigenvalue weighted by Crippen LogP contribution is 2.24. The molecule has 0 aliphatic heterocycles. The van der Waals surface area contributed by atoms with Crippen LogP contribution in [0.15, 0.2) is 42.5 Å². The predicted molar refractivity (Wildman–Crippen MR) is 89.4 cm³/mol. The molecule has 0 aliphatic carbocycles. The monoisotopic (exact) mass is 298 g/mol. The molecule has 0 saturated heterocycles. The van der Waals surface area contributed by atoms with Gasteiger partial charge in [0.1, 0.15) is 5.82 Å². The van der Waals surface area contributed by atoms with Crippen LogP contribution in [0.1, 0.15) is 30.3 Å². The van der Waals surface area contributed by atoms with Crippen molar-refractivity contribution in [1.29, 1.82) is 0 Å². The Labute approximate surface area is 130 Å². The second-order valence-electron chi connectivity index (χ2n) is 5.41. The number of fused-ring (bicyclic) bond motifs is 1. The molecular weight excluding hydrogens is 280 g/mol. The van der Waals surface area contributed by atoms with Crippen LogP contribution >= 0.6 is 11.6 Å². The molecule has 0 spiro atoms. The summed E-state index contributed by atoms with van der Waals surface area (Å²) in [4.78, 5) is 4.66. The van der Waals surface area contributed by atoms with E-state index in [1.807, 2.05) is 0 Å². The van der Waals surface area contributed by atoms with Gasteiger partial charge < -0.3 is 0 Å². The highest BCUT2D eigenvalue weighted by Gasteiger charge is 2.11. The molecule has 0 aliphatic rings. The molecule has 3 heteroatoms. The van der Waals surface area contributed by atoms with Gasteiger partial charge in [0.25, 0.3) is 0 Å². The number of halogens is 1. The summed E-state index contributed by atoms with van der Waals surface area (Å²) in [5.41, 5.74) is 5.82. The van der Waals surface area contributed by atoms with Crippen molar-refractivity contribution in [3.63, 3.8) is 0 Å². The Morgan fingerprint density at radius 3 is 2.52 bits per heavy atom. The fourth-order valence-corrected chi connectivity index (χ4v) is 2.90. The lowest BCUT2D eigenvalue weighted by atomic mass is 10.1. The molecule has 1 aromatic heterocycles. The van der Waals surface area contributed by atoms with Crippen molar-refractivity contribution in [3.8, 4) is 5.69 Å². The van der Waals surface area contributed by atoms with Gasteiger partial charge in [-0.3, -0.25) is 4.57 Å². The van der Waals surface area contributed by atoms with Gasteiger partial charge in [-0.1, -0.05) is 31.5 Å². The van der Waals surface area contributed by atoms with Crippen molar-refractivity contribution in [1.82, 2.24) is 9.55 Å². The minimum Gasteiger partial charge on any atom is -0.295 e. The van der Waals surface area contributed by atoms with Gasteiger partial charge in [0, 0.05) is 5.69 Å². The first-order valence-corrected chi connectivity index (χ1v) is 7.89. The lowest BCUT2D eigenvalue weighted by Crippen LogP contribution is -1.99. The van der Waals surface area contributed by atoms with Gasteiger partial charge in [-0.25, -0.2) is 4.98 Å². The molecule has 3 aromatic rings. The Bertz CT molecular complexity index is 757. The maximum atomic E-state index is 6.09. The Kier molecular flexibility index (Phi) is 3.98. The van der Waals surface area contributed by atoms with Crippen LogP contribution in [-0.2, 0) is 12.3 Å². The molecule has 0 unspecified atom stereocenters. The summed E-state index contributed by atoms with van der Waals surface area (Å²) in [5.74, 6) is 1.30. The second kappa shape index (κ2) is 5.90. The fourth-order valence-electron chi connectivity index (χ4n) is 2.72. The Balaban J connectivity index is 2.13. The number of aromatic nitrogens is 2. The molecule has 0 radical (unpaired) electrons. The number of nitrogens with zero attached hydrogens (tertiary/aromatic N) is 2. The predicted octanol–water partition coefficient (Wildman–Crippen LogP) is 5.03. The van der Waals surface area contributed by atoms with E-state index in [0.29, 0.717) is 5.88 Å². The van der Waals surface area contributed by atoms with Crippen molar-refractivity contribution >= 4 is 22.6 Å². The largest absolute Gasteiger partial charge is 0.295 e. The molecule has 3 rings (SSSR count). The zero-order valence-electron chi connectivity index (χ0n) is 12.4. The molecule has 1 heterocycles. The highest BCUT2D eigenvalue weighted by atomic mass is 35.5. The minimum atomic E-state index is 0.407. The third-order valence-electron chi connectivity index (χ3n) is 3.73. The molecule has 0 atom stereocenters. The second-order valence-corrected chi connectivity index (χ2v) is 5.67. The third-order valence-corrected chi connectivity index (χ3v) is 3.97. The number of alkyl halides is 1. The van der Waals surface area contributed by atoms with Crippen molar-refractivity contribution in [2.45, 2.75) is 32.6 Å². The first-order chi connectivity index (χ1) is 10.2. The summed E-state index contributed by atoms with van der Waals surface area (Å²) in [6.45, 7) is 4.28. The molecule has 0 fully saturated rings. The SMILES string of the molecule is CCCc1ccc(-n2c(CCl)nc3cc(C)ccc32)cc1. The van der Waals surface area contributed by atoms with Crippen LogP contribution in [-0.4, -0.2) is 9.55 Å². The van der Waals surface area contributed by atoms with Gasteiger partial charge in [-0.2, -0.15) is 0 Å². The van der Waals surface area contributed by atoms with E-state index in [1.54, 1.807) is 0 Å². The van der Waals surface area contributed by atoms with Crippen LogP contribution in [0.5, 0.6) is 0 Å². The molecule has 21 heavy (non-hydrogen) atoms. The number of benzene rings is 2. The number of hydrogen-bond donors (Lipinski definition) is 0. The van der Waals surface area contributed by atoms with Crippen LogP contribution in [0.2, 0.25) is 0 Å². The average Bonchev–Trinajstić information content (AvgIpc) is 2.86. The molecular formula is C18H19ClN2. The summed E-state index contributed by atoms with van der Waals surface area (Å²) < 4.78 is 2.15. The molecule has 0 N–H and O–H groups in total. The average molecular weight is 299 g/mol. The van der Waals surface area contributed by atoms with Crippen molar-refractivity contribution in [2.24, 2.45) is 0 Å². The van der Waals surface area contributed by atoms with E-state index in [0.717, 1.165) is 29.0 Å². The number of aryl methyl sites for hydroxylation is 2. The van der Waals surface area contributed by atoms with Crippen molar-refractivity contribution < 1.29 is 0 Å². The molecule has 2 nitrogen and oxygen atoms in total. The topological polar surface area (TPSA) is 17.8 Å². The molecule has 108 valence electrons. The maximum Gasteiger partial charge on any atom is 0.129 e. The van der Waals surface area contributed by atoms with Crippen LogP contribution in [0.3, 0.4) is 0 Å². The Hall–Kier alpha value is -1.80. The van der Waals surface area contributed by atoms with Gasteiger partial charge in [-0.15, -0.1) is 11.6 Å². The first kappa shape index (κ1) is 14.2. The van der Waals surface area contributed by atoms with E-state index < -0.39 is 0 Å². The van der Waals surface area contributed by atoms with E-state index in [2.05, 4.69) is 65.9 Å². The molecule has 0 saturated carbocycles. The quantitative estimate of drug-likeness (QED) is 0.618. The number of imidazole rings is 1. The van der Waals surface area contributed by atoms with Gasteiger partial charge in [-0.05, 0) is 48.7 Å². The smallest absolute Gasteiger partial charge is 0.129 e. The lowest BCUT2D eigenvalue weighted by molar-refractivity contribution is 0.918. The van der Waals surface area contributed by atoms with E-state index >= 15 is 0 Å². The van der Waals surface area contributed by atoms with Gasteiger partial charge >= 0.3 is 0 Å². The number of hydrogen-bond acceptors (Lipinski definition) is 1. The molecule has 0 amide bonds. The zero-order chi connectivity index (χ0) is 14.8. The molecule has 0 bridgehead atoms. The standard InChI is InChI=1S/C18H19ClN2/c1-3-4-14-6-8-15(9-7-14)21-17-10-5-13(2)11-16(17)20-18(21)12-19/h5-11H,3-4,12H2,1-2H3. The normalized spacial score (nSPS) is 11.2. The summed E-state index contributed by atoms with van der Waals surface area (Å²) in [6.07, 6.45) is 2.28. The summed E-state index contributed by atoms with van der Waals surface area (Å²) in [7, 11) is 0. The van der Waals surface area contributed by atoms with Gasteiger partial charge in [0.15, 0.2) is 0 Å². The zero-order valence-corrected chi connectivity index (χ0v) is 13.2. The van der Waals surface area contributed by atoms with Gasteiger partial charge in [0.05, 0.1) is 16.9 Å². The number of rotatable bonds is 4. The summed E-state index contributed by atoms with van der Waals surface area (Å²) in [6, 6.07) is 15.0. The van der Waals surface area contributed by atoms with Crippen molar-refractivity contribution in [3.05, 3.63) is 59.4 Å². The lowest BCUT2D eigenvalue weighted by Gasteiger charge is -2.09. The van der Waals surface area contributed by atoms with E-state index in [4.69, 9.17) is 11.6 Å². The summed E-state index contributed by atoms with van der Waals surface area (Å²) in [5, 5.41) is 0. The van der Waals surface area contributed by atoms with E-state index in [1.165, 1.54) is 17.5 Å². The minimum absolute atomic E-state index is 0.407. The van der Waals surface area contributed by atoms with E-state index in [-0.39, 0.29) is 0 Å². The highest BCUT2D eigenvalue weighted by molar-refractivity contribution is 6.17.